The highest BCUT2D eigenvalue weighted by Crippen LogP contribution is 2.37. The van der Waals surface area contributed by atoms with Gasteiger partial charge in [0.25, 0.3) is 0 Å². The maximum Gasteiger partial charge on any atom is 0.231 e. The van der Waals surface area contributed by atoms with Crippen LogP contribution in [0.4, 0.5) is 5.82 Å². The number of hydrogen-bond acceptors (Lipinski definition) is 4. The maximum atomic E-state index is 5.91. The van der Waals surface area contributed by atoms with Crippen LogP contribution in [0.1, 0.15) is 13.8 Å². The zero-order chi connectivity index (χ0) is 14.1. The van der Waals surface area contributed by atoms with Crippen molar-refractivity contribution in [2.45, 2.75) is 19.9 Å². The lowest BCUT2D eigenvalue weighted by Gasteiger charge is -2.20. The number of fused-ring (bicyclic) bond motifs is 2. The first-order valence-electron chi connectivity index (χ1n) is 6.70. The largest absolute Gasteiger partial charge is 0.454 e. The third-order valence-corrected chi connectivity index (χ3v) is 4.21. The summed E-state index contributed by atoms with van der Waals surface area (Å²) >= 11 is 5.91. The Morgan fingerprint density at radius 3 is 2.80 bits per heavy atom. The van der Waals surface area contributed by atoms with Crippen molar-refractivity contribution >= 4 is 28.2 Å². The zero-order valence-corrected chi connectivity index (χ0v) is 12.3. The van der Waals surface area contributed by atoms with Gasteiger partial charge in [0.05, 0.1) is 0 Å². The highest BCUT2D eigenvalue weighted by Gasteiger charge is 2.17. The molecule has 1 aliphatic heterocycles. The van der Waals surface area contributed by atoms with E-state index in [1.807, 2.05) is 18.2 Å². The zero-order valence-electron chi connectivity index (χ0n) is 11.5. The highest BCUT2D eigenvalue weighted by molar-refractivity contribution is 6.18. The summed E-state index contributed by atoms with van der Waals surface area (Å²) in [6, 6.07) is 6.18. The third-order valence-electron chi connectivity index (χ3n) is 3.72. The summed E-state index contributed by atoms with van der Waals surface area (Å²) in [4.78, 5) is 4.44. The minimum atomic E-state index is 0.246. The van der Waals surface area contributed by atoms with Gasteiger partial charge in [-0.2, -0.15) is 0 Å². The Balaban J connectivity index is 1.99. The number of alkyl halides is 1. The van der Waals surface area contributed by atoms with Crippen LogP contribution in [0.15, 0.2) is 24.4 Å². The average Bonchev–Trinajstić information content (AvgIpc) is 2.91. The monoisotopic (exact) mass is 292 g/mol. The van der Waals surface area contributed by atoms with E-state index in [1.165, 1.54) is 0 Å². The molecule has 2 atom stereocenters. The number of anilines is 1. The molecule has 3 rings (SSSR count). The van der Waals surface area contributed by atoms with Crippen molar-refractivity contribution in [2.24, 2.45) is 5.92 Å². The third kappa shape index (κ3) is 2.36. The van der Waals surface area contributed by atoms with Crippen molar-refractivity contribution in [3.63, 3.8) is 0 Å². The van der Waals surface area contributed by atoms with Gasteiger partial charge in [0, 0.05) is 23.5 Å². The SMILES string of the molecule is CC(CCl)C(C)Nc1nccc2cc3c(cc12)OCO3. The Hall–Kier alpha value is -1.68. The van der Waals surface area contributed by atoms with Gasteiger partial charge in [0.2, 0.25) is 6.79 Å². The summed E-state index contributed by atoms with van der Waals surface area (Å²) < 4.78 is 10.8. The Morgan fingerprint density at radius 2 is 2.05 bits per heavy atom. The lowest BCUT2D eigenvalue weighted by atomic mass is 10.1. The molecule has 0 fully saturated rings. The summed E-state index contributed by atoms with van der Waals surface area (Å²) in [5.41, 5.74) is 0. The van der Waals surface area contributed by atoms with Gasteiger partial charge in [0.1, 0.15) is 5.82 Å². The molecular formula is C15H17ClN2O2. The van der Waals surface area contributed by atoms with E-state index in [0.717, 1.165) is 28.1 Å². The first kappa shape index (κ1) is 13.3. The molecule has 20 heavy (non-hydrogen) atoms. The molecule has 0 saturated heterocycles. The van der Waals surface area contributed by atoms with E-state index in [0.29, 0.717) is 11.8 Å². The lowest BCUT2D eigenvalue weighted by Crippen LogP contribution is -2.25. The van der Waals surface area contributed by atoms with Crippen molar-refractivity contribution in [3.05, 3.63) is 24.4 Å². The van der Waals surface area contributed by atoms with Gasteiger partial charge in [-0.25, -0.2) is 4.98 Å². The maximum absolute atomic E-state index is 5.91. The molecule has 2 unspecified atom stereocenters. The Kier molecular flexibility index (Phi) is 3.57. The van der Waals surface area contributed by atoms with Crippen LogP contribution in [0.2, 0.25) is 0 Å². The molecule has 1 N–H and O–H groups in total. The number of aromatic nitrogens is 1. The Labute approximate surface area is 123 Å². The lowest BCUT2D eigenvalue weighted by molar-refractivity contribution is 0.174. The fraction of sp³-hybridized carbons (Fsp3) is 0.400. The molecule has 5 heteroatoms. The van der Waals surface area contributed by atoms with Crippen LogP contribution in [-0.4, -0.2) is 23.7 Å². The summed E-state index contributed by atoms with van der Waals surface area (Å²) in [7, 11) is 0. The molecule has 0 bridgehead atoms. The molecule has 0 radical (unpaired) electrons. The number of hydrogen-bond donors (Lipinski definition) is 1. The van der Waals surface area contributed by atoms with Gasteiger partial charge in [-0.3, -0.25) is 0 Å². The minimum Gasteiger partial charge on any atom is -0.454 e. The van der Waals surface area contributed by atoms with E-state index in [2.05, 4.69) is 24.1 Å². The number of nitrogens with one attached hydrogen (secondary N) is 1. The summed E-state index contributed by atoms with van der Waals surface area (Å²) in [5.74, 6) is 3.39. The minimum absolute atomic E-state index is 0.246. The van der Waals surface area contributed by atoms with Gasteiger partial charge in [-0.1, -0.05) is 6.92 Å². The Bertz CT molecular complexity index is 633. The van der Waals surface area contributed by atoms with E-state index in [1.54, 1.807) is 6.20 Å². The molecule has 2 aromatic rings. The summed E-state index contributed by atoms with van der Waals surface area (Å²) in [6.07, 6.45) is 1.80. The topological polar surface area (TPSA) is 43.4 Å². The van der Waals surface area contributed by atoms with E-state index >= 15 is 0 Å². The van der Waals surface area contributed by atoms with Crippen molar-refractivity contribution in [2.75, 3.05) is 18.0 Å². The summed E-state index contributed by atoms with van der Waals surface area (Å²) in [6.45, 7) is 4.51. The van der Waals surface area contributed by atoms with Gasteiger partial charge >= 0.3 is 0 Å². The van der Waals surface area contributed by atoms with Crippen molar-refractivity contribution in [1.82, 2.24) is 4.98 Å². The smallest absolute Gasteiger partial charge is 0.231 e. The van der Waals surface area contributed by atoms with Crippen LogP contribution in [-0.2, 0) is 0 Å². The van der Waals surface area contributed by atoms with Crippen LogP contribution >= 0.6 is 11.6 Å². The van der Waals surface area contributed by atoms with E-state index in [-0.39, 0.29) is 12.8 Å². The highest BCUT2D eigenvalue weighted by atomic mass is 35.5. The van der Waals surface area contributed by atoms with Crippen LogP contribution in [0.25, 0.3) is 10.8 Å². The van der Waals surface area contributed by atoms with Crippen LogP contribution < -0.4 is 14.8 Å². The predicted octanol–water partition coefficient (Wildman–Crippen LogP) is 3.64. The van der Waals surface area contributed by atoms with Crippen molar-refractivity contribution in [3.8, 4) is 11.5 Å². The second-order valence-corrected chi connectivity index (χ2v) is 5.46. The number of halogens is 1. The molecule has 1 aromatic carbocycles. The van der Waals surface area contributed by atoms with Gasteiger partial charge in [-0.05, 0) is 36.4 Å². The first-order chi connectivity index (χ1) is 9.69. The molecule has 0 spiro atoms. The average molecular weight is 293 g/mol. The van der Waals surface area contributed by atoms with Crippen molar-refractivity contribution in [1.29, 1.82) is 0 Å². The summed E-state index contributed by atoms with van der Waals surface area (Å²) in [5, 5.41) is 5.55. The number of benzene rings is 1. The molecule has 1 aromatic heterocycles. The number of ether oxygens (including phenoxy) is 2. The van der Waals surface area contributed by atoms with Crippen molar-refractivity contribution < 1.29 is 9.47 Å². The number of nitrogens with zero attached hydrogens (tertiary/aromatic N) is 1. The molecule has 1 aliphatic rings. The van der Waals surface area contributed by atoms with Gasteiger partial charge < -0.3 is 14.8 Å². The van der Waals surface area contributed by atoms with Gasteiger partial charge in [-0.15, -0.1) is 11.6 Å². The Morgan fingerprint density at radius 1 is 1.30 bits per heavy atom. The van der Waals surface area contributed by atoms with Crippen LogP contribution in [0, 0.1) is 5.92 Å². The molecule has 0 amide bonds. The molecule has 4 nitrogen and oxygen atoms in total. The molecular weight excluding hydrogens is 276 g/mol. The second-order valence-electron chi connectivity index (χ2n) is 5.15. The van der Waals surface area contributed by atoms with E-state index < -0.39 is 0 Å². The van der Waals surface area contributed by atoms with E-state index in [4.69, 9.17) is 21.1 Å². The fourth-order valence-electron chi connectivity index (χ4n) is 2.17. The second kappa shape index (κ2) is 5.37. The molecule has 2 heterocycles. The van der Waals surface area contributed by atoms with Gasteiger partial charge in [0.15, 0.2) is 11.5 Å². The number of pyridine rings is 1. The molecule has 106 valence electrons. The molecule has 0 aliphatic carbocycles. The predicted molar refractivity (Wildman–Crippen MR) is 80.8 cm³/mol. The number of rotatable bonds is 4. The normalized spacial score (nSPS) is 16.1. The van der Waals surface area contributed by atoms with Crippen LogP contribution in [0.3, 0.4) is 0 Å². The quantitative estimate of drug-likeness (QED) is 0.874. The standard InChI is InChI=1S/C15H17ClN2O2/c1-9(7-16)10(2)18-15-12-6-14-13(19-8-20-14)5-11(12)3-4-17-15/h3-6,9-10H,7-8H2,1-2H3,(H,17,18). The van der Waals surface area contributed by atoms with E-state index in [9.17, 15) is 0 Å². The fourth-order valence-corrected chi connectivity index (χ4v) is 2.44. The van der Waals surface area contributed by atoms with Crippen LogP contribution in [0.5, 0.6) is 11.5 Å². The molecule has 0 saturated carbocycles. The first-order valence-corrected chi connectivity index (χ1v) is 7.23.